The van der Waals surface area contributed by atoms with E-state index in [-0.39, 0.29) is 6.54 Å². The number of carbonyl (C=O) groups is 4. The smallest absolute Gasteiger partial charge is 0.331 e. The van der Waals surface area contributed by atoms with Crippen LogP contribution in [0.2, 0.25) is 0 Å². The summed E-state index contributed by atoms with van der Waals surface area (Å²) < 4.78 is 0. The summed E-state index contributed by atoms with van der Waals surface area (Å²) in [4.78, 5) is 45.3. The Bertz CT molecular complexity index is 376. The Hall–Kier alpha value is -2.18. The van der Waals surface area contributed by atoms with E-state index in [1.807, 2.05) is 5.32 Å². The average molecular weight is 226 g/mol. The molecular formula is C9H10N2O5. The van der Waals surface area contributed by atoms with Crippen molar-refractivity contribution < 1.29 is 24.3 Å². The van der Waals surface area contributed by atoms with Crippen LogP contribution in [0.15, 0.2) is 12.7 Å². The maximum Gasteiger partial charge on any atom is 0.331 e. The van der Waals surface area contributed by atoms with Crippen LogP contribution in [0.5, 0.6) is 0 Å². The first-order valence-electron chi connectivity index (χ1n) is 4.46. The summed E-state index contributed by atoms with van der Waals surface area (Å²) in [6.45, 7) is 3.29. The summed E-state index contributed by atoms with van der Waals surface area (Å²) in [5, 5.41) is 10.4. The van der Waals surface area contributed by atoms with E-state index in [1.54, 1.807) is 0 Å². The number of carboxylic acid groups (broad SMARTS) is 1. The Morgan fingerprint density at radius 3 is 2.62 bits per heavy atom. The normalized spacial score (nSPS) is 20.6. The molecule has 0 saturated carbocycles. The largest absolute Gasteiger partial charge is 0.481 e. The molecule has 0 spiro atoms. The molecule has 7 heteroatoms. The molecule has 0 aliphatic carbocycles. The second-order valence-electron chi connectivity index (χ2n) is 3.18. The van der Waals surface area contributed by atoms with Crippen molar-refractivity contribution in [3.63, 3.8) is 0 Å². The molecule has 1 fully saturated rings. The minimum absolute atomic E-state index is 0.0614. The van der Waals surface area contributed by atoms with Crippen molar-refractivity contribution in [1.29, 1.82) is 0 Å². The number of carbonyl (C=O) groups excluding carboxylic acids is 3. The number of carboxylic acids is 1. The van der Waals surface area contributed by atoms with Gasteiger partial charge >= 0.3 is 12.0 Å². The Labute approximate surface area is 90.7 Å². The molecule has 1 rings (SSSR count). The van der Waals surface area contributed by atoms with Crippen molar-refractivity contribution in [3.05, 3.63) is 12.7 Å². The summed E-state index contributed by atoms with van der Waals surface area (Å²) in [7, 11) is 0. The lowest BCUT2D eigenvalue weighted by Crippen LogP contribution is -2.58. The van der Waals surface area contributed by atoms with Gasteiger partial charge in [0.15, 0.2) is 0 Å². The monoisotopic (exact) mass is 226 g/mol. The summed E-state index contributed by atoms with van der Waals surface area (Å²) in [6.07, 6.45) is 0.677. The van der Waals surface area contributed by atoms with Crippen LogP contribution in [0.1, 0.15) is 6.42 Å². The van der Waals surface area contributed by atoms with Crippen molar-refractivity contribution in [2.24, 2.45) is 5.92 Å². The molecular weight excluding hydrogens is 216 g/mol. The fourth-order valence-electron chi connectivity index (χ4n) is 1.32. The number of aliphatic carboxylic acids is 1. The van der Waals surface area contributed by atoms with E-state index < -0.39 is 36.2 Å². The molecule has 86 valence electrons. The average Bonchev–Trinajstić information content (AvgIpc) is 2.19. The topological polar surface area (TPSA) is 104 Å². The number of hydrogen-bond donors (Lipinski definition) is 2. The van der Waals surface area contributed by atoms with E-state index in [0.29, 0.717) is 0 Å². The van der Waals surface area contributed by atoms with Crippen molar-refractivity contribution in [3.8, 4) is 0 Å². The van der Waals surface area contributed by atoms with Crippen LogP contribution in [0.4, 0.5) is 4.79 Å². The second kappa shape index (κ2) is 4.56. The van der Waals surface area contributed by atoms with Gasteiger partial charge in [0.05, 0.1) is 6.42 Å². The van der Waals surface area contributed by atoms with Gasteiger partial charge in [-0.05, 0) is 0 Å². The first-order valence-corrected chi connectivity index (χ1v) is 4.46. The van der Waals surface area contributed by atoms with Crippen LogP contribution in [-0.2, 0) is 14.4 Å². The number of rotatable bonds is 4. The fourth-order valence-corrected chi connectivity index (χ4v) is 1.32. The molecule has 16 heavy (non-hydrogen) atoms. The molecule has 1 unspecified atom stereocenters. The van der Waals surface area contributed by atoms with Gasteiger partial charge in [0.2, 0.25) is 11.8 Å². The summed E-state index contributed by atoms with van der Waals surface area (Å²) in [6, 6.07) is -0.850. The third kappa shape index (κ3) is 2.25. The lowest BCUT2D eigenvalue weighted by Gasteiger charge is -2.28. The Kier molecular flexibility index (Phi) is 3.39. The highest BCUT2D eigenvalue weighted by atomic mass is 16.4. The maximum atomic E-state index is 11.6. The van der Waals surface area contributed by atoms with E-state index in [2.05, 4.69) is 6.58 Å². The standard InChI is InChI=1S/C9H10N2O5/c1-2-3-11-8(15)5(4-6(12)13)7(14)10-9(11)16/h2,5H,1,3-4H2,(H,12,13)(H,10,14,16). The molecule has 1 heterocycles. The predicted octanol–water partition coefficient (Wildman–Crippen LogP) is -0.658. The van der Waals surface area contributed by atoms with E-state index in [9.17, 15) is 19.2 Å². The van der Waals surface area contributed by atoms with Crippen molar-refractivity contribution in [2.75, 3.05) is 6.54 Å². The summed E-state index contributed by atoms with van der Waals surface area (Å²) in [5.74, 6) is -4.31. The molecule has 1 atom stereocenters. The molecule has 0 aromatic carbocycles. The number of hydrogen-bond acceptors (Lipinski definition) is 4. The van der Waals surface area contributed by atoms with Gasteiger partial charge in [0, 0.05) is 6.54 Å². The highest BCUT2D eigenvalue weighted by Crippen LogP contribution is 2.14. The molecule has 0 aromatic heterocycles. The van der Waals surface area contributed by atoms with Crippen LogP contribution in [0, 0.1) is 5.92 Å². The predicted molar refractivity (Wildman–Crippen MR) is 51.2 cm³/mol. The lowest BCUT2D eigenvalue weighted by atomic mass is 10.0. The number of amides is 4. The third-order valence-corrected chi connectivity index (χ3v) is 2.05. The Balaban J connectivity index is 2.89. The zero-order chi connectivity index (χ0) is 12.3. The summed E-state index contributed by atoms with van der Waals surface area (Å²) in [5.41, 5.74) is 0. The second-order valence-corrected chi connectivity index (χ2v) is 3.18. The van der Waals surface area contributed by atoms with E-state index in [4.69, 9.17) is 5.11 Å². The van der Waals surface area contributed by atoms with Gasteiger partial charge < -0.3 is 5.11 Å². The molecule has 0 aromatic rings. The van der Waals surface area contributed by atoms with Gasteiger partial charge in [0.1, 0.15) is 5.92 Å². The number of imide groups is 2. The van der Waals surface area contributed by atoms with Gasteiger partial charge in [-0.25, -0.2) is 4.79 Å². The van der Waals surface area contributed by atoms with E-state index in [1.165, 1.54) is 6.08 Å². The number of nitrogens with zero attached hydrogens (tertiary/aromatic N) is 1. The molecule has 1 aliphatic rings. The van der Waals surface area contributed by atoms with Crippen LogP contribution in [0.3, 0.4) is 0 Å². The number of urea groups is 1. The van der Waals surface area contributed by atoms with E-state index >= 15 is 0 Å². The zero-order valence-corrected chi connectivity index (χ0v) is 8.30. The third-order valence-electron chi connectivity index (χ3n) is 2.05. The molecule has 1 saturated heterocycles. The Morgan fingerprint density at radius 2 is 2.12 bits per heavy atom. The van der Waals surface area contributed by atoms with Crippen LogP contribution in [-0.4, -0.2) is 40.4 Å². The SMILES string of the molecule is C=CCN1C(=O)NC(=O)C(CC(=O)O)C1=O. The quantitative estimate of drug-likeness (QED) is 0.489. The van der Waals surface area contributed by atoms with Crippen LogP contribution < -0.4 is 5.32 Å². The van der Waals surface area contributed by atoms with E-state index in [0.717, 1.165) is 4.90 Å². The van der Waals surface area contributed by atoms with Crippen LogP contribution in [0.25, 0.3) is 0 Å². The van der Waals surface area contributed by atoms with Crippen molar-refractivity contribution in [1.82, 2.24) is 10.2 Å². The minimum atomic E-state index is -1.35. The highest BCUT2D eigenvalue weighted by molar-refractivity contribution is 6.17. The van der Waals surface area contributed by atoms with Crippen molar-refractivity contribution in [2.45, 2.75) is 6.42 Å². The first kappa shape index (κ1) is 11.9. The molecule has 0 bridgehead atoms. The molecule has 4 amide bonds. The van der Waals surface area contributed by atoms with Gasteiger partial charge in [-0.15, -0.1) is 6.58 Å². The first-order chi connectivity index (χ1) is 7.47. The summed E-state index contributed by atoms with van der Waals surface area (Å²) >= 11 is 0. The maximum absolute atomic E-state index is 11.6. The van der Waals surface area contributed by atoms with Gasteiger partial charge in [-0.3, -0.25) is 24.6 Å². The Morgan fingerprint density at radius 1 is 1.50 bits per heavy atom. The van der Waals surface area contributed by atoms with Gasteiger partial charge in [0.25, 0.3) is 0 Å². The fraction of sp³-hybridized carbons (Fsp3) is 0.333. The molecule has 7 nitrogen and oxygen atoms in total. The van der Waals surface area contributed by atoms with Crippen molar-refractivity contribution >= 4 is 23.8 Å². The molecule has 1 aliphatic heterocycles. The van der Waals surface area contributed by atoms with Gasteiger partial charge in [-0.1, -0.05) is 6.08 Å². The van der Waals surface area contributed by atoms with Crippen LogP contribution >= 0.6 is 0 Å². The lowest BCUT2D eigenvalue weighted by molar-refractivity contribution is -0.149. The van der Waals surface area contributed by atoms with Gasteiger partial charge in [-0.2, -0.15) is 0 Å². The number of nitrogens with one attached hydrogen (secondary N) is 1. The zero-order valence-electron chi connectivity index (χ0n) is 8.30. The minimum Gasteiger partial charge on any atom is -0.481 e. The molecule has 2 N–H and O–H groups in total. The number of barbiturate groups is 1. The molecule has 0 radical (unpaired) electrons. The highest BCUT2D eigenvalue weighted by Gasteiger charge is 2.40.